The zero-order valence-electron chi connectivity index (χ0n) is 8.66. The third-order valence-corrected chi connectivity index (χ3v) is 2.51. The van der Waals surface area contributed by atoms with E-state index in [0.717, 1.165) is 0 Å². The Labute approximate surface area is 98.2 Å². The average molecular weight is 248 g/mol. The highest BCUT2D eigenvalue weighted by Crippen LogP contribution is 2.17. The first kappa shape index (κ1) is 12.2. The van der Waals surface area contributed by atoms with Crippen LogP contribution in [0, 0.1) is 0 Å². The quantitative estimate of drug-likeness (QED) is 0.806. The van der Waals surface area contributed by atoms with Crippen LogP contribution >= 0.6 is 23.2 Å². The Morgan fingerprint density at radius 3 is 2.53 bits per heavy atom. The summed E-state index contributed by atoms with van der Waals surface area (Å²) in [6.07, 6.45) is 0. The lowest BCUT2D eigenvalue weighted by Gasteiger charge is -2.21. The van der Waals surface area contributed by atoms with Gasteiger partial charge in [-0.05, 0) is 19.9 Å². The Morgan fingerprint density at radius 2 is 2.00 bits per heavy atom. The monoisotopic (exact) mass is 247 g/mol. The van der Waals surface area contributed by atoms with Crippen molar-refractivity contribution in [3.8, 4) is 0 Å². The van der Waals surface area contributed by atoms with Crippen LogP contribution in [0.15, 0.2) is 6.07 Å². The SMILES string of the molecule is CC(C)N(C)C(=O)c1cc(Cl)nnc1Cl. The van der Waals surface area contributed by atoms with Gasteiger partial charge in [-0.25, -0.2) is 0 Å². The van der Waals surface area contributed by atoms with Gasteiger partial charge < -0.3 is 4.90 Å². The number of carbonyl (C=O) groups is 1. The number of hydrogen-bond acceptors (Lipinski definition) is 3. The number of nitrogens with zero attached hydrogens (tertiary/aromatic N) is 3. The van der Waals surface area contributed by atoms with Crippen LogP contribution in [0.1, 0.15) is 24.2 Å². The molecule has 1 amide bonds. The Bertz CT molecular complexity index is 382. The second kappa shape index (κ2) is 4.77. The maximum atomic E-state index is 11.9. The topological polar surface area (TPSA) is 46.1 Å². The van der Waals surface area contributed by atoms with Crippen LogP contribution in [0.2, 0.25) is 10.3 Å². The molecule has 82 valence electrons. The lowest BCUT2D eigenvalue weighted by atomic mass is 10.2. The van der Waals surface area contributed by atoms with Gasteiger partial charge in [0, 0.05) is 13.1 Å². The van der Waals surface area contributed by atoms with Crippen LogP contribution in [0.25, 0.3) is 0 Å². The summed E-state index contributed by atoms with van der Waals surface area (Å²) in [6, 6.07) is 1.50. The van der Waals surface area contributed by atoms with Gasteiger partial charge in [-0.3, -0.25) is 4.79 Å². The van der Waals surface area contributed by atoms with Crippen LogP contribution in [0.4, 0.5) is 0 Å². The van der Waals surface area contributed by atoms with E-state index in [1.165, 1.54) is 6.07 Å². The summed E-state index contributed by atoms with van der Waals surface area (Å²) in [6.45, 7) is 3.81. The summed E-state index contributed by atoms with van der Waals surface area (Å²) >= 11 is 11.4. The summed E-state index contributed by atoms with van der Waals surface area (Å²) in [5, 5.41) is 7.34. The van der Waals surface area contributed by atoms with E-state index in [-0.39, 0.29) is 27.8 Å². The Kier molecular flexibility index (Phi) is 3.88. The van der Waals surface area contributed by atoms with Crippen molar-refractivity contribution in [3.05, 3.63) is 21.9 Å². The summed E-state index contributed by atoms with van der Waals surface area (Å²) in [5.41, 5.74) is 0.271. The van der Waals surface area contributed by atoms with Crippen LogP contribution in [-0.2, 0) is 0 Å². The van der Waals surface area contributed by atoms with Gasteiger partial charge in [0.1, 0.15) is 0 Å². The fourth-order valence-corrected chi connectivity index (χ4v) is 1.25. The van der Waals surface area contributed by atoms with Crippen molar-refractivity contribution in [2.24, 2.45) is 0 Å². The molecule has 6 heteroatoms. The van der Waals surface area contributed by atoms with Crippen molar-refractivity contribution < 1.29 is 4.79 Å². The molecule has 0 saturated carbocycles. The Balaban J connectivity index is 3.05. The third-order valence-electron chi connectivity index (χ3n) is 2.04. The van der Waals surface area contributed by atoms with Crippen molar-refractivity contribution in [2.45, 2.75) is 19.9 Å². The van der Waals surface area contributed by atoms with Crippen molar-refractivity contribution in [2.75, 3.05) is 7.05 Å². The molecule has 1 rings (SSSR count). The van der Waals surface area contributed by atoms with E-state index >= 15 is 0 Å². The molecule has 0 saturated heterocycles. The van der Waals surface area contributed by atoms with Gasteiger partial charge in [-0.2, -0.15) is 0 Å². The molecule has 0 aliphatic carbocycles. The van der Waals surface area contributed by atoms with E-state index in [0.29, 0.717) is 0 Å². The molecular formula is C9H11Cl2N3O. The van der Waals surface area contributed by atoms with E-state index < -0.39 is 0 Å². The summed E-state index contributed by atoms with van der Waals surface area (Å²) in [5.74, 6) is -0.216. The van der Waals surface area contributed by atoms with Gasteiger partial charge in [0.05, 0.1) is 5.56 Å². The molecule has 0 radical (unpaired) electrons. The third kappa shape index (κ3) is 2.79. The number of aromatic nitrogens is 2. The smallest absolute Gasteiger partial charge is 0.257 e. The van der Waals surface area contributed by atoms with Gasteiger partial charge in [-0.1, -0.05) is 23.2 Å². The number of rotatable bonds is 2. The molecule has 0 aromatic carbocycles. The van der Waals surface area contributed by atoms with E-state index in [1.54, 1.807) is 11.9 Å². The van der Waals surface area contributed by atoms with Gasteiger partial charge in [0.15, 0.2) is 10.3 Å². The van der Waals surface area contributed by atoms with Crippen molar-refractivity contribution in [1.82, 2.24) is 15.1 Å². The minimum absolute atomic E-state index is 0.0666. The van der Waals surface area contributed by atoms with E-state index in [1.807, 2.05) is 13.8 Å². The molecular weight excluding hydrogens is 237 g/mol. The minimum atomic E-state index is -0.216. The molecule has 15 heavy (non-hydrogen) atoms. The zero-order valence-corrected chi connectivity index (χ0v) is 10.2. The van der Waals surface area contributed by atoms with Crippen molar-refractivity contribution in [1.29, 1.82) is 0 Å². The van der Waals surface area contributed by atoms with Gasteiger partial charge in [0.2, 0.25) is 0 Å². The number of carbonyl (C=O) groups excluding carboxylic acids is 1. The minimum Gasteiger partial charge on any atom is -0.339 e. The van der Waals surface area contributed by atoms with Crippen molar-refractivity contribution in [3.63, 3.8) is 0 Å². The molecule has 0 fully saturated rings. The number of halogens is 2. The van der Waals surface area contributed by atoms with Gasteiger partial charge in [-0.15, -0.1) is 10.2 Å². The molecule has 1 aromatic rings. The first-order valence-electron chi connectivity index (χ1n) is 4.39. The molecule has 0 aliphatic rings. The first-order valence-corrected chi connectivity index (χ1v) is 5.15. The summed E-state index contributed by atoms with van der Waals surface area (Å²) in [7, 11) is 1.69. The van der Waals surface area contributed by atoms with Gasteiger partial charge in [0.25, 0.3) is 5.91 Å². The van der Waals surface area contributed by atoms with E-state index in [9.17, 15) is 4.79 Å². The molecule has 1 heterocycles. The molecule has 0 bridgehead atoms. The molecule has 1 aromatic heterocycles. The maximum Gasteiger partial charge on any atom is 0.257 e. The normalized spacial score (nSPS) is 10.5. The summed E-state index contributed by atoms with van der Waals surface area (Å²) in [4.78, 5) is 13.4. The fourth-order valence-electron chi connectivity index (χ4n) is 0.928. The Morgan fingerprint density at radius 1 is 1.40 bits per heavy atom. The summed E-state index contributed by atoms with van der Waals surface area (Å²) < 4.78 is 0. The lowest BCUT2D eigenvalue weighted by Crippen LogP contribution is -2.33. The molecule has 0 unspecified atom stereocenters. The molecule has 0 N–H and O–H groups in total. The predicted molar refractivity (Wildman–Crippen MR) is 59.3 cm³/mol. The fraction of sp³-hybridized carbons (Fsp3) is 0.444. The van der Waals surface area contributed by atoms with E-state index in [2.05, 4.69) is 10.2 Å². The highest BCUT2D eigenvalue weighted by molar-refractivity contribution is 6.34. The van der Waals surface area contributed by atoms with Gasteiger partial charge >= 0.3 is 0 Å². The second-order valence-electron chi connectivity index (χ2n) is 3.38. The molecule has 0 aliphatic heterocycles. The van der Waals surface area contributed by atoms with Crippen LogP contribution in [0.3, 0.4) is 0 Å². The second-order valence-corrected chi connectivity index (χ2v) is 4.13. The largest absolute Gasteiger partial charge is 0.339 e. The Hall–Kier alpha value is -0.870. The standard InChI is InChI=1S/C9H11Cl2N3O/c1-5(2)14(3)9(15)6-4-7(10)12-13-8(6)11/h4-5H,1-3H3. The molecule has 0 spiro atoms. The van der Waals surface area contributed by atoms with Crippen molar-refractivity contribution >= 4 is 29.1 Å². The van der Waals surface area contributed by atoms with E-state index in [4.69, 9.17) is 23.2 Å². The maximum absolute atomic E-state index is 11.9. The molecule has 4 nitrogen and oxygen atoms in total. The number of amides is 1. The first-order chi connectivity index (χ1) is 6.93. The lowest BCUT2D eigenvalue weighted by molar-refractivity contribution is 0.0754. The molecule has 0 atom stereocenters. The zero-order chi connectivity index (χ0) is 11.6. The average Bonchev–Trinajstić information content (AvgIpc) is 2.19. The predicted octanol–water partition coefficient (Wildman–Crippen LogP) is 2.26. The van der Waals surface area contributed by atoms with Crippen LogP contribution < -0.4 is 0 Å². The number of hydrogen-bond donors (Lipinski definition) is 0. The van der Waals surface area contributed by atoms with Crippen LogP contribution in [-0.4, -0.2) is 34.1 Å². The highest BCUT2D eigenvalue weighted by Gasteiger charge is 2.18. The highest BCUT2D eigenvalue weighted by atomic mass is 35.5. The van der Waals surface area contributed by atoms with Crippen LogP contribution in [0.5, 0.6) is 0 Å².